The van der Waals surface area contributed by atoms with Crippen molar-refractivity contribution in [3.63, 3.8) is 0 Å². The second-order valence-corrected chi connectivity index (χ2v) is 9.61. The molecule has 0 bridgehead atoms. The number of carbonyl (C=O) groups excluding carboxylic acids is 2. The first-order valence-electron chi connectivity index (χ1n) is 11.7. The molecule has 2 amide bonds. The highest BCUT2D eigenvalue weighted by atomic mass is 32.2. The molecule has 6 nitrogen and oxygen atoms in total. The van der Waals surface area contributed by atoms with Crippen molar-refractivity contribution in [3.05, 3.63) is 101 Å². The van der Waals surface area contributed by atoms with Crippen molar-refractivity contribution >= 4 is 40.5 Å². The second kappa shape index (κ2) is 11.3. The SMILES string of the molecule is COc1ccc(C=C2N=C(SCC(=O)NC(C)c3ccccc3)N(c3cc(C)cc(C)c3)C2=O)cc1. The van der Waals surface area contributed by atoms with E-state index in [2.05, 4.69) is 16.4 Å². The van der Waals surface area contributed by atoms with E-state index in [-0.39, 0.29) is 23.6 Å². The van der Waals surface area contributed by atoms with E-state index in [9.17, 15) is 9.59 Å². The topological polar surface area (TPSA) is 71.0 Å². The zero-order chi connectivity index (χ0) is 25.7. The molecule has 0 spiro atoms. The molecule has 0 aliphatic carbocycles. The Kier molecular flexibility index (Phi) is 7.90. The molecular formula is C29H29N3O3S. The lowest BCUT2D eigenvalue weighted by atomic mass is 10.1. The van der Waals surface area contributed by atoms with Gasteiger partial charge >= 0.3 is 0 Å². The summed E-state index contributed by atoms with van der Waals surface area (Å²) in [6.07, 6.45) is 1.75. The van der Waals surface area contributed by atoms with Crippen molar-refractivity contribution in [1.82, 2.24) is 5.32 Å². The fraction of sp³-hybridized carbons (Fsp3) is 0.207. The van der Waals surface area contributed by atoms with Crippen LogP contribution in [0.4, 0.5) is 5.69 Å². The zero-order valence-corrected chi connectivity index (χ0v) is 21.6. The van der Waals surface area contributed by atoms with Gasteiger partial charge in [-0.25, -0.2) is 4.99 Å². The Hall–Kier alpha value is -3.84. The summed E-state index contributed by atoms with van der Waals surface area (Å²) in [7, 11) is 1.61. The van der Waals surface area contributed by atoms with Gasteiger partial charge in [-0.2, -0.15) is 0 Å². The summed E-state index contributed by atoms with van der Waals surface area (Å²) in [6.45, 7) is 5.94. The van der Waals surface area contributed by atoms with Gasteiger partial charge in [0.05, 0.1) is 24.6 Å². The van der Waals surface area contributed by atoms with E-state index in [1.54, 1.807) is 18.1 Å². The maximum absolute atomic E-state index is 13.5. The summed E-state index contributed by atoms with van der Waals surface area (Å²) in [5.41, 5.74) is 5.02. The van der Waals surface area contributed by atoms with Crippen LogP contribution in [0.5, 0.6) is 5.75 Å². The third-order valence-corrected chi connectivity index (χ3v) is 6.66. The number of amides is 2. The summed E-state index contributed by atoms with van der Waals surface area (Å²) < 4.78 is 5.22. The Morgan fingerprint density at radius 3 is 2.36 bits per heavy atom. The number of anilines is 1. The Morgan fingerprint density at radius 2 is 1.72 bits per heavy atom. The number of benzene rings is 3. The average molecular weight is 500 g/mol. The summed E-state index contributed by atoms with van der Waals surface area (Å²) in [6, 6.07) is 23.1. The minimum absolute atomic E-state index is 0.118. The molecular weight excluding hydrogens is 470 g/mol. The zero-order valence-electron chi connectivity index (χ0n) is 20.8. The van der Waals surface area contributed by atoms with E-state index in [1.807, 2.05) is 87.5 Å². The van der Waals surface area contributed by atoms with E-state index in [0.29, 0.717) is 10.9 Å². The Labute approximate surface area is 216 Å². The quantitative estimate of drug-likeness (QED) is 0.426. The van der Waals surface area contributed by atoms with Gasteiger partial charge in [-0.1, -0.05) is 60.3 Å². The smallest absolute Gasteiger partial charge is 0.283 e. The summed E-state index contributed by atoms with van der Waals surface area (Å²) >= 11 is 1.25. The normalized spacial score (nSPS) is 15.1. The van der Waals surface area contributed by atoms with Crippen molar-refractivity contribution in [3.8, 4) is 5.75 Å². The van der Waals surface area contributed by atoms with Crippen LogP contribution >= 0.6 is 11.8 Å². The molecule has 0 saturated carbocycles. The maximum Gasteiger partial charge on any atom is 0.283 e. The number of hydrogen-bond acceptors (Lipinski definition) is 5. The van der Waals surface area contributed by atoms with Crippen LogP contribution in [0.25, 0.3) is 6.08 Å². The average Bonchev–Trinajstić information content (AvgIpc) is 3.17. The lowest BCUT2D eigenvalue weighted by Crippen LogP contribution is -2.33. The molecule has 1 atom stereocenters. The minimum atomic E-state index is -0.226. The highest BCUT2D eigenvalue weighted by Gasteiger charge is 2.32. The number of rotatable bonds is 7. The van der Waals surface area contributed by atoms with Crippen molar-refractivity contribution < 1.29 is 14.3 Å². The van der Waals surface area contributed by atoms with Gasteiger partial charge in [0.15, 0.2) is 5.17 Å². The lowest BCUT2D eigenvalue weighted by molar-refractivity contribution is -0.119. The number of methoxy groups -OCH3 is 1. The lowest BCUT2D eigenvalue weighted by Gasteiger charge is -2.19. The van der Waals surface area contributed by atoms with Gasteiger partial charge in [0.25, 0.3) is 5.91 Å². The van der Waals surface area contributed by atoms with Gasteiger partial charge in [0, 0.05) is 0 Å². The summed E-state index contributed by atoms with van der Waals surface area (Å²) in [5, 5.41) is 3.50. The van der Waals surface area contributed by atoms with Gasteiger partial charge < -0.3 is 10.1 Å². The van der Waals surface area contributed by atoms with E-state index in [1.165, 1.54) is 11.8 Å². The molecule has 3 aromatic carbocycles. The van der Waals surface area contributed by atoms with Crippen LogP contribution in [0.15, 0.2) is 83.5 Å². The van der Waals surface area contributed by atoms with E-state index >= 15 is 0 Å². The molecule has 3 aromatic rings. The molecule has 1 aliphatic rings. The molecule has 184 valence electrons. The van der Waals surface area contributed by atoms with Crippen LogP contribution in [0.1, 0.15) is 35.2 Å². The first-order valence-corrected chi connectivity index (χ1v) is 12.7. The predicted octanol–water partition coefficient (Wildman–Crippen LogP) is 5.67. The molecule has 36 heavy (non-hydrogen) atoms. The molecule has 0 saturated heterocycles. The highest BCUT2D eigenvalue weighted by molar-refractivity contribution is 8.14. The monoisotopic (exact) mass is 499 g/mol. The van der Waals surface area contributed by atoms with Gasteiger partial charge in [-0.3, -0.25) is 14.5 Å². The van der Waals surface area contributed by atoms with Crippen LogP contribution < -0.4 is 15.0 Å². The van der Waals surface area contributed by atoms with E-state index in [0.717, 1.165) is 33.7 Å². The Balaban J connectivity index is 1.57. The standard InChI is InChI=1S/C29H29N3O3S/c1-19-14-20(2)16-24(15-19)32-28(34)26(17-22-10-12-25(35-4)13-11-22)31-29(32)36-18-27(33)30-21(3)23-8-6-5-7-9-23/h5-17,21H,18H2,1-4H3,(H,30,33). The number of carbonyl (C=O) groups is 2. The number of aliphatic imine (C=N–C) groups is 1. The maximum atomic E-state index is 13.5. The Bertz CT molecular complexity index is 1300. The number of nitrogens with zero attached hydrogens (tertiary/aromatic N) is 2. The predicted molar refractivity (Wildman–Crippen MR) is 147 cm³/mol. The van der Waals surface area contributed by atoms with Gasteiger partial charge in [-0.15, -0.1) is 0 Å². The van der Waals surface area contributed by atoms with Crippen LogP contribution in [0.2, 0.25) is 0 Å². The van der Waals surface area contributed by atoms with Crippen molar-refractivity contribution in [2.24, 2.45) is 4.99 Å². The molecule has 1 aliphatic heterocycles. The molecule has 4 rings (SSSR count). The first kappa shape index (κ1) is 25.3. The van der Waals surface area contributed by atoms with Crippen LogP contribution in [-0.4, -0.2) is 29.8 Å². The van der Waals surface area contributed by atoms with Crippen LogP contribution in [0.3, 0.4) is 0 Å². The second-order valence-electron chi connectivity index (χ2n) is 8.67. The molecule has 0 fully saturated rings. The van der Waals surface area contributed by atoms with Crippen molar-refractivity contribution in [2.45, 2.75) is 26.8 Å². The number of aryl methyl sites for hydroxylation is 2. The summed E-state index contributed by atoms with van der Waals surface area (Å²) in [4.78, 5) is 32.4. The number of hydrogen-bond donors (Lipinski definition) is 1. The van der Waals surface area contributed by atoms with E-state index in [4.69, 9.17) is 4.74 Å². The summed E-state index contributed by atoms with van der Waals surface area (Å²) in [5.74, 6) is 0.526. The van der Waals surface area contributed by atoms with Gasteiger partial charge in [-0.05, 0) is 73.4 Å². The molecule has 7 heteroatoms. The fourth-order valence-electron chi connectivity index (χ4n) is 4.00. The Morgan fingerprint density at radius 1 is 1.06 bits per heavy atom. The number of thioether (sulfide) groups is 1. The van der Waals surface area contributed by atoms with Crippen LogP contribution in [0, 0.1) is 13.8 Å². The number of nitrogens with one attached hydrogen (secondary N) is 1. The molecule has 1 N–H and O–H groups in total. The van der Waals surface area contributed by atoms with Crippen molar-refractivity contribution in [2.75, 3.05) is 17.8 Å². The van der Waals surface area contributed by atoms with Crippen molar-refractivity contribution in [1.29, 1.82) is 0 Å². The third-order valence-electron chi connectivity index (χ3n) is 5.72. The largest absolute Gasteiger partial charge is 0.497 e. The van der Waals surface area contributed by atoms with E-state index < -0.39 is 0 Å². The molecule has 1 unspecified atom stereocenters. The van der Waals surface area contributed by atoms with Gasteiger partial charge in [0.1, 0.15) is 11.4 Å². The van der Waals surface area contributed by atoms with Gasteiger partial charge in [0.2, 0.25) is 5.91 Å². The number of ether oxygens (including phenoxy) is 1. The van der Waals surface area contributed by atoms with Crippen LogP contribution in [-0.2, 0) is 9.59 Å². The molecule has 0 radical (unpaired) electrons. The number of amidine groups is 1. The minimum Gasteiger partial charge on any atom is -0.497 e. The fourth-order valence-corrected chi connectivity index (χ4v) is 4.82. The highest BCUT2D eigenvalue weighted by Crippen LogP contribution is 2.31. The first-order chi connectivity index (χ1) is 17.3. The third kappa shape index (κ3) is 6.04. The molecule has 1 heterocycles. The molecule has 0 aromatic heterocycles.